The van der Waals surface area contributed by atoms with E-state index < -0.39 is 0 Å². The Bertz CT molecular complexity index is 416. The van der Waals surface area contributed by atoms with Crippen LogP contribution in [0.3, 0.4) is 0 Å². The van der Waals surface area contributed by atoms with E-state index in [2.05, 4.69) is 27.3 Å². The van der Waals surface area contributed by atoms with Crippen molar-refractivity contribution in [3.8, 4) is 11.5 Å². The predicted molar refractivity (Wildman–Crippen MR) is 69.6 cm³/mol. The summed E-state index contributed by atoms with van der Waals surface area (Å²) in [6.45, 7) is 1.48. The highest BCUT2D eigenvalue weighted by molar-refractivity contribution is 9.10. The van der Waals surface area contributed by atoms with Gasteiger partial charge in [-0.3, -0.25) is 0 Å². The maximum absolute atomic E-state index is 5.57. The van der Waals surface area contributed by atoms with Gasteiger partial charge in [-0.1, -0.05) is 12.5 Å². The molecule has 1 aromatic carbocycles. The number of hydrogen-bond donors (Lipinski definition) is 1. The molecule has 0 amide bonds. The summed E-state index contributed by atoms with van der Waals surface area (Å²) in [7, 11) is 0. The third-order valence-electron chi connectivity index (χ3n) is 3.43. The van der Waals surface area contributed by atoms with Crippen molar-refractivity contribution in [2.75, 3.05) is 13.3 Å². The Kier molecular flexibility index (Phi) is 3.25. The monoisotopic (exact) mass is 297 g/mol. The van der Waals surface area contributed by atoms with Crippen molar-refractivity contribution in [2.24, 2.45) is 0 Å². The number of hydrogen-bond acceptors (Lipinski definition) is 3. The zero-order valence-electron chi connectivity index (χ0n) is 9.67. The van der Waals surface area contributed by atoms with Crippen LogP contribution < -0.4 is 14.8 Å². The predicted octanol–water partition coefficient (Wildman–Crippen LogP) is 2.86. The Balaban J connectivity index is 1.81. The molecular formula is C13H16BrNO2. The van der Waals surface area contributed by atoms with Crippen LogP contribution in [0.2, 0.25) is 0 Å². The molecule has 1 unspecified atom stereocenters. The molecule has 1 fully saturated rings. The summed E-state index contributed by atoms with van der Waals surface area (Å²) in [6, 6.07) is 4.76. The van der Waals surface area contributed by atoms with Gasteiger partial charge in [0, 0.05) is 6.04 Å². The average Bonchev–Trinajstić information content (AvgIpc) is 2.84. The van der Waals surface area contributed by atoms with Crippen LogP contribution in [-0.2, 0) is 6.42 Å². The van der Waals surface area contributed by atoms with Crippen molar-refractivity contribution in [2.45, 2.75) is 31.7 Å². The molecule has 0 aromatic heterocycles. The molecule has 0 spiro atoms. The van der Waals surface area contributed by atoms with E-state index in [1.54, 1.807) is 0 Å². The second kappa shape index (κ2) is 4.86. The van der Waals surface area contributed by atoms with Crippen molar-refractivity contribution >= 4 is 15.9 Å². The highest BCUT2D eigenvalue weighted by Crippen LogP contribution is 2.42. The zero-order chi connectivity index (χ0) is 11.7. The van der Waals surface area contributed by atoms with Crippen molar-refractivity contribution in [3.63, 3.8) is 0 Å². The summed E-state index contributed by atoms with van der Waals surface area (Å²) in [5.41, 5.74) is 1.25. The minimum atomic E-state index is 0.336. The van der Waals surface area contributed by atoms with E-state index in [1.807, 2.05) is 6.07 Å². The summed E-state index contributed by atoms with van der Waals surface area (Å²) in [4.78, 5) is 0. The first-order chi connectivity index (χ1) is 8.34. The normalized spacial score (nSPS) is 22.8. The molecule has 1 atom stereocenters. The fourth-order valence-electron chi connectivity index (χ4n) is 2.54. The lowest BCUT2D eigenvalue weighted by atomic mass is 9.97. The summed E-state index contributed by atoms with van der Waals surface area (Å²) in [5.74, 6) is 1.78. The topological polar surface area (TPSA) is 30.5 Å². The Labute approximate surface area is 110 Å². The lowest BCUT2D eigenvalue weighted by Crippen LogP contribution is -2.35. The second-order valence-corrected chi connectivity index (χ2v) is 5.48. The highest BCUT2D eigenvalue weighted by Gasteiger charge is 2.23. The van der Waals surface area contributed by atoms with Crippen molar-refractivity contribution in [3.05, 3.63) is 22.2 Å². The maximum Gasteiger partial charge on any atom is 0.231 e. The molecule has 0 radical (unpaired) electrons. The van der Waals surface area contributed by atoms with Crippen LogP contribution in [0.5, 0.6) is 11.5 Å². The lowest BCUT2D eigenvalue weighted by Gasteiger charge is -2.23. The third kappa shape index (κ3) is 2.29. The quantitative estimate of drug-likeness (QED) is 0.910. The Morgan fingerprint density at radius 1 is 1.24 bits per heavy atom. The molecule has 3 nitrogen and oxygen atoms in total. The van der Waals surface area contributed by atoms with Gasteiger partial charge in [0.25, 0.3) is 0 Å². The number of fused-ring (bicyclic) bond motifs is 1. The molecule has 17 heavy (non-hydrogen) atoms. The first-order valence-electron chi connectivity index (χ1n) is 6.15. The number of nitrogens with one attached hydrogen (secondary N) is 1. The van der Waals surface area contributed by atoms with E-state index in [9.17, 15) is 0 Å². The van der Waals surface area contributed by atoms with Gasteiger partial charge in [-0.2, -0.15) is 0 Å². The molecule has 1 saturated heterocycles. The van der Waals surface area contributed by atoms with Crippen LogP contribution in [0.4, 0.5) is 0 Å². The van der Waals surface area contributed by atoms with E-state index in [0.717, 1.165) is 28.9 Å². The largest absolute Gasteiger partial charge is 0.453 e. The molecule has 4 heteroatoms. The van der Waals surface area contributed by atoms with Gasteiger partial charge in [-0.05, 0) is 53.4 Å². The highest BCUT2D eigenvalue weighted by atomic mass is 79.9. The molecule has 3 rings (SSSR count). The minimum Gasteiger partial charge on any atom is -0.453 e. The van der Waals surface area contributed by atoms with E-state index in [1.165, 1.54) is 24.8 Å². The summed E-state index contributed by atoms with van der Waals surface area (Å²) < 4.78 is 12.0. The Hall–Kier alpha value is -0.740. The molecule has 0 bridgehead atoms. The first-order valence-corrected chi connectivity index (χ1v) is 6.94. The molecule has 0 saturated carbocycles. The summed E-state index contributed by atoms with van der Waals surface area (Å²) in [5, 5.41) is 3.57. The summed E-state index contributed by atoms with van der Waals surface area (Å²) in [6.07, 6.45) is 4.91. The maximum atomic E-state index is 5.57. The molecule has 2 aliphatic rings. The summed E-state index contributed by atoms with van der Waals surface area (Å²) >= 11 is 3.49. The van der Waals surface area contributed by atoms with Gasteiger partial charge in [0.05, 0.1) is 4.47 Å². The number of benzene rings is 1. The number of rotatable bonds is 2. The van der Waals surface area contributed by atoms with Crippen LogP contribution in [-0.4, -0.2) is 19.4 Å². The van der Waals surface area contributed by atoms with E-state index in [0.29, 0.717) is 12.8 Å². The van der Waals surface area contributed by atoms with Crippen molar-refractivity contribution in [1.82, 2.24) is 5.32 Å². The van der Waals surface area contributed by atoms with Crippen LogP contribution in [0.15, 0.2) is 16.6 Å². The van der Waals surface area contributed by atoms with Crippen LogP contribution in [0.1, 0.15) is 24.8 Å². The standard InChI is InChI=1S/C13H16BrNO2/c14-11-5-4-9(12-13(11)17-8-16-12)7-10-3-1-2-6-15-10/h4-5,10,15H,1-3,6-8H2. The van der Waals surface area contributed by atoms with Gasteiger partial charge >= 0.3 is 0 Å². The van der Waals surface area contributed by atoms with E-state index in [4.69, 9.17) is 9.47 Å². The number of piperidine rings is 1. The molecule has 2 heterocycles. The average molecular weight is 298 g/mol. The van der Waals surface area contributed by atoms with Gasteiger partial charge in [0.1, 0.15) is 0 Å². The fourth-order valence-corrected chi connectivity index (χ4v) is 2.97. The second-order valence-electron chi connectivity index (χ2n) is 4.62. The van der Waals surface area contributed by atoms with E-state index in [-0.39, 0.29) is 0 Å². The van der Waals surface area contributed by atoms with Crippen molar-refractivity contribution in [1.29, 1.82) is 0 Å². The fraction of sp³-hybridized carbons (Fsp3) is 0.538. The van der Waals surface area contributed by atoms with Gasteiger partial charge in [-0.25, -0.2) is 0 Å². The molecule has 0 aliphatic carbocycles. The van der Waals surface area contributed by atoms with Gasteiger partial charge in [-0.15, -0.1) is 0 Å². The SMILES string of the molecule is Brc1ccc(CC2CCCCN2)c2c1OCO2. The van der Waals surface area contributed by atoms with Crippen LogP contribution in [0.25, 0.3) is 0 Å². The third-order valence-corrected chi connectivity index (χ3v) is 4.06. The molecule has 2 aliphatic heterocycles. The number of halogens is 1. The minimum absolute atomic E-state index is 0.336. The molecular weight excluding hydrogens is 282 g/mol. The Morgan fingerprint density at radius 2 is 2.12 bits per heavy atom. The van der Waals surface area contributed by atoms with Gasteiger partial charge in [0.15, 0.2) is 11.5 Å². The van der Waals surface area contributed by atoms with Crippen molar-refractivity contribution < 1.29 is 9.47 Å². The molecule has 92 valence electrons. The van der Waals surface area contributed by atoms with Gasteiger partial charge < -0.3 is 14.8 Å². The lowest BCUT2D eigenvalue weighted by molar-refractivity contribution is 0.172. The van der Waals surface area contributed by atoms with Crippen LogP contribution >= 0.6 is 15.9 Å². The van der Waals surface area contributed by atoms with Crippen LogP contribution in [0, 0.1) is 0 Å². The zero-order valence-corrected chi connectivity index (χ0v) is 11.3. The molecule has 1 N–H and O–H groups in total. The number of ether oxygens (including phenoxy) is 2. The Morgan fingerprint density at radius 3 is 2.94 bits per heavy atom. The van der Waals surface area contributed by atoms with Gasteiger partial charge in [0.2, 0.25) is 6.79 Å². The van der Waals surface area contributed by atoms with E-state index >= 15 is 0 Å². The smallest absolute Gasteiger partial charge is 0.231 e. The molecule has 1 aromatic rings. The first kappa shape index (κ1) is 11.4.